The Morgan fingerprint density at radius 3 is 3.11 bits per heavy atom. The van der Waals surface area contributed by atoms with Gasteiger partial charge in [0.25, 0.3) is 5.56 Å². The summed E-state index contributed by atoms with van der Waals surface area (Å²) in [6.45, 7) is 3.81. The third-order valence-electron chi connectivity index (χ3n) is 2.81. The molecule has 0 aromatic carbocycles. The molecule has 18 heavy (non-hydrogen) atoms. The maximum absolute atomic E-state index is 12.1. The number of pyridine rings is 1. The standard InChI is InChI=1S/C13H18N2O2S/c1-2-5-14-8-10(16)9-15-6-3-12-11(13(15)17)4-7-18-12/h3-4,6-7,10,14,16H,2,5,8-9H2,1H3. The third kappa shape index (κ3) is 2.98. The fourth-order valence-corrected chi connectivity index (χ4v) is 2.66. The van der Waals surface area contributed by atoms with Crippen LogP contribution in [0.15, 0.2) is 28.5 Å². The lowest BCUT2D eigenvalue weighted by atomic mass is 10.3. The second-order valence-electron chi connectivity index (χ2n) is 4.33. The van der Waals surface area contributed by atoms with Crippen molar-refractivity contribution in [2.45, 2.75) is 26.0 Å². The zero-order valence-electron chi connectivity index (χ0n) is 10.4. The van der Waals surface area contributed by atoms with Gasteiger partial charge in [-0.05, 0) is 30.5 Å². The number of rotatable bonds is 6. The predicted molar refractivity (Wildman–Crippen MR) is 75.3 cm³/mol. The number of thiophene rings is 1. The van der Waals surface area contributed by atoms with Crippen molar-refractivity contribution in [3.05, 3.63) is 34.1 Å². The lowest BCUT2D eigenvalue weighted by Crippen LogP contribution is -2.33. The van der Waals surface area contributed by atoms with E-state index in [2.05, 4.69) is 12.2 Å². The Morgan fingerprint density at radius 1 is 1.50 bits per heavy atom. The van der Waals surface area contributed by atoms with E-state index in [1.165, 1.54) is 0 Å². The summed E-state index contributed by atoms with van der Waals surface area (Å²) in [5, 5.41) is 15.6. The smallest absolute Gasteiger partial charge is 0.259 e. The number of hydrogen-bond donors (Lipinski definition) is 2. The molecule has 5 heteroatoms. The summed E-state index contributed by atoms with van der Waals surface area (Å²) in [4.78, 5) is 12.1. The number of aliphatic hydroxyl groups is 1. The second-order valence-corrected chi connectivity index (χ2v) is 5.28. The molecule has 0 fully saturated rings. The van der Waals surface area contributed by atoms with Crippen LogP contribution in [0.3, 0.4) is 0 Å². The lowest BCUT2D eigenvalue weighted by Gasteiger charge is -2.13. The number of aliphatic hydroxyl groups excluding tert-OH is 1. The monoisotopic (exact) mass is 266 g/mol. The van der Waals surface area contributed by atoms with Gasteiger partial charge in [0, 0.05) is 17.4 Å². The van der Waals surface area contributed by atoms with E-state index in [0.717, 1.165) is 23.1 Å². The summed E-state index contributed by atoms with van der Waals surface area (Å²) >= 11 is 1.56. The van der Waals surface area contributed by atoms with Crippen molar-refractivity contribution in [1.82, 2.24) is 9.88 Å². The second kappa shape index (κ2) is 6.13. The molecule has 1 atom stereocenters. The number of nitrogens with zero attached hydrogens (tertiary/aromatic N) is 1. The molecule has 0 aliphatic heterocycles. The van der Waals surface area contributed by atoms with Crippen molar-refractivity contribution in [1.29, 1.82) is 0 Å². The molecule has 1 unspecified atom stereocenters. The average molecular weight is 266 g/mol. The van der Waals surface area contributed by atoms with Gasteiger partial charge in [-0.1, -0.05) is 6.92 Å². The molecule has 0 amide bonds. The Morgan fingerprint density at radius 2 is 2.33 bits per heavy atom. The number of fused-ring (bicyclic) bond motifs is 1. The normalized spacial score (nSPS) is 13.0. The summed E-state index contributed by atoms with van der Waals surface area (Å²) < 4.78 is 2.57. The highest BCUT2D eigenvalue weighted by molar-refractivity contribution is 7.17. The van der Waals surface area contributed by atoms with E-state index in [1.54, 1.807) is 22.1 Å². The minimum absolute atomic E-state index is 0.0247. The summed E-state index contributed by atoms with van der Waals surface area (Å²) in [5.41, 5.74) is -0.0247. The molecular weight excluding hydrogens is 248 g/mol. The van der Waals surface area contributed by atoms with Crippen molar-refractivity contribution in [3.63, 3.8) is 0 Å². The zero-order valence-corrected chi connectivity index (χ0v) is 11.2. The van der Waals surface area contributed by atoms with Crippen LogP contribution in [0.2, 0.25) is 0 Å². The molecule has 0 aliphatic rings. The molecule has 2 rings (SSSR count). The van der Waals surface area contributed by atoms with E-state index >= 15 is 0 Å². The van der Waals surface area contributed by atoms with Crippen molar-refractivity contribution >= 4 is 21.4 Å². The molecule has 0 radical (unpaired) electrons. The van der Waals surface area contributed by atoms with Crippen LogP contribution in [0.5, 0.6) is 0 Å². The molecule has 2 heterocycles. The number of hydrogen-bond acceptors (Lipinski definition) is 4. The number of aromatic nitrogens is 1. The van der Waals surface area contributed by atoms with E-state index in [0.29, 0.717) is 13.1 Å². The van der Waals surface area contributed by atoms with Crippen LogP contribution in [0.25, 0.3) is 10.1 Å². The highest BCUT2D eigenvalue weighted by Gasteiger charge is 2.08. The molecule has 0 saturated carbocycles. The fourth-order valence-electron chi connectivity index (χ4n) is 1.89. The molecular formula is C13H18N2O2S. The Balaban J connectivity index is 2.07. The highest BCUT2D eigenvalue weighted by atomic mass is 32.1. The van der Waals surface area contributed by atoms with E-state index < -0.39 is 6.10 Å². The molecule has 2 N–H and O–H groups in total. The van der Waals surface area contributed by atoms with Crippen molar-refractivity contribution in [3.8, 4) is 0 Å². The van der Waals surface area contributed by atoms with Crippen LogP contribution in [0, 0.1) is 0 Å². The Hall–Kier alpha value is -1.17. The van der Waals surface area contributed by atoms with E-state index in [-0.39, 0.29) is 5.56 Å². The first-order valence-corrected chi connectivity index (χ1v) is 7.05. The van der Waals surface area contributed by atoms with Gasteiger partial charge in [0.1, 0.15) is 0 Å². The van der Waals surface area contributed by atoms with E-state index in [1.807, 2.05) is 17.5 Å². The maximum Gasteiger partial charge on any atom is 0.259 e. The van der Waals surface area contributed by atoms with Crippen molar-refractivity contribution in [2.75, 3.05) is 13.1 Å². The molecule has 0 aliphatic carbocycles. The predicted octanol–water partition coefficient (Wildman–Crippen LogP) is 1.42. The zero-order chi connectivity index (χ0) is 13.0. The van der Waals surface area contributed by atoms with Crippen LogP contribution in [0.1, 0.15) is 13.3 Å². The van der Waals surface area contributed by atoms with Gasteiger partial charge in [0.15, 0.2) is 0 Å². The van der Waals surface area contributed by atoms with Crippen LogP contribution in [-0.4, -0.2) is 28.9 Å². The lowest BCUT2D eigenvalue weighted by molar-refractivity contribution is 0.150. The fraction of sp³-hybridized carbons (Fsp3) is 0.462. The summed E-state index contributed by atoms with van der Waals surface area (Å²) in [6, 6.07) is 3.76. The number of nitrogens with one attached hydrogen (secondary N) is 1. The first-order valence-electron chi connectivity index (χ1n) is 6.17. The molecule has 4 nitrogen and oxygen atoms in total. The average Bonchev–Trinajstić information content (AvgIpc) is 2.82. The van der Waals surface area contributed by atoms with Crippen LogP contribution in [0.4, 0.5) is 0 Å². The first kappa shape index (κ1) is 13.3. The molecule has 98 valence electrons. The van der Waals surface area contributed by atoms with Gasteiger partial charge in [-0.2, -0.15) is 0 Å². The first-order chi connectivity index (χ1) is 8.72. The molecule has 2 aromatic rings. The maximum atomic E-state index is 12.1. The SMILES string of the molecule is CCCNCC(O)Cn1ccc2sccc2c1=O. The quantitative estimate of drug-likeness (QED) is 0.778. The molecule has 0 saturated heterocycles. The minimum atomic E-state index is -0.537. The highest BCUT2D eigenvalue weighted by Crippen LogP contribution is 2.16. The van der Waals surface area contributed by atoms with Gasteiger partial charge in [-0.3, -0.25) is 4.79 Å². The summed E-state index contributed by atoms with van der Waals surface area (Å²) in [5.74, 6) is 0. The molecule has 0 bridgehead atoms. The van der Waals surface area contributed by atoms with Gasteiger partial charge in [0.05, 0.1) is 18.0 Å². The van der Waals surface area contributed by atoms with Crippen LogP contribution < -0.4 is 10.9 Å². The molecule has 2 aromatic heterocycles. The van der Waals surface area contributed by atoms with Crippen molar-refractivity contribution < 1.29 is 5.11 Å². The van der Waals surface area contributed by atoms with Gasteiger partial charge >= 0.3 is 0 Å². The Kier molecular flexibility index (Phi) is 4.52. The third-order valence-corrected chi connectivity index (χ3v) is 3.69. The van der Waals surface area contributed by atoms with E-state index in [9.17, 15) is 9.90 Å². The van der Waals surface area contributed by atoms with Crippen molar-refractivity contribution in [2.24, 2.45) is 0 Å². The largest absolute Gasteiger partial charge is 0.390 e. The van der Waals surface area contributed by atoms with Gasteiger partial charge < -0.3 is 15.0 Å². The molecule has 0 spiro atoms. The van der Waals surface area contributed by atoms with Gasteiger partial charge in [-0.25, -0.2) is 0 Å². The summed E-state index contributed by atoms with van der Waals surface area (Å²) in [6.07, 6.45) is 2.25. The van der Waals surface area contributed by atoms with Crippen LogP contribution >= 0.6 is 11.3 Å². The topological polar surface area (TPSA) is 54.3 Å². The van der Waals surface area contributed by atoms with E-state index in [4.69, 9.17) is 0 Å². The minimum Gasteiger partial charge on any atom is -0.390 e. The summed E-state index contributed by atoms with van der Waals surface area (Å²) in [7, 11) is 0. The van der Waals surface area contributed by atoms with Gasteiger partial charge in [-0.15, -0.1) is 11.3 Å². The van der Waals surface area contributed by atoms with Gasteiger partial charge in [0.2, 0.25) is 0 Å². The van der Waals surface area contributed by atoms with Crippen LogP contribution in [-0.2, 0) is 6.54 Å². The Labute approximate surface area is 110 Å². The Bertz CT molecular complexity index is 561.